The standard InChI is InChI=1S/C71H78N6O8/c1-78-64-37-25-59(26-38-64)74-76-61-29-43-69(44-30-61)82-49-12-7-3-5-10-47-80-66-33-19-56(20-34-66)54-72-58-23-41-68(42-24-58)84-51-14-9-15-52-85-71-18-16-17-63(53-71)73-55-57-21-35-67(36-22-57)81-48-11-6-4-8-13-50-83-70-45-31-62(32-46-70)77-75-60-27-39-65(79-2)40-28-60/h16-46,53-55H,3-15,47-52H2,1-2H3. The van der Waals surface area contributed by atoms with Crippen molar-refractivity contribution in [2.45, 2.75) is 83.5 Å². The molecule has 0 saturated carbocycles. The van der Waals surface area contributed by atoms with Crippen molar-refractivity contribution in [3.8, 4) is 46.0 Å². The molecule has 0 saturated heterocycles. The number of benzene rings is 8. The summed E-state index contributed by atoms with van der Waals surface area (Å²) in [6.07, 6.45) is 17.4. The molecule has 0 bridgehead atoms. The molecule has 0 unspecified atom stereocenters. The molecule has 8 aromatic carbocycles. The largest absolute Gasteiger partial charge is 0.497 e. The predicted octanol–water partition coefficient (Wildman–Crippen LogP) is 19.5. The van der Waals surface area contributed by atoms with Gasteiger partial charge in [0.1, 0.15) is 46.0 Å². The number of nitrogens with zero attached hydrogens (tertiary/aromatic N) is 6. The molecule has 0 fully saturated rings. The summed E-state index contributed by atoms with van der Waals surface area (Å²) in [7, 11) is 3.28. The van der Waals surface area contributed by atoms with Crippen molar-refractivity contribution >= 4 is 46.6 Å². The van der Waals surface area contributed by atoms with Crippen LogP contribution in [0.3, 0.4) is 0 Å². The van der Waals surface area contributed by atoms with E-state index in [0.717, 1.165) is 175 Å². The van der Waals surface area contributed by atoms with Gasteiger partial charge in [0.25, 0.3) is 0 Å². The first-order chi connectivity index (χ1) is 42.0. The van der Waals surface area contributed by atoms with E-state index in [2.05, 4.69) is 30.4 Å². The number of aliphatic imine (C=N–C) groups is 2. The Labute approximate surface area is 501 Å². The number of hydrogen-bond acceptors (Lipinski definition) is 14. The highest BCUT2D eigenvalue weighted by atomic mass is 16.5. The lowest BCUT2D eigenvalue weighted by molar-refractivity contribution is 0.279. The van der Waals surface area contributed by atoms with Crippen molar-refractivity contribution in [1.82, 2.24) is 0 Å². The zero-order valence-corrected chi connectivity index (χ0v) is 49.0. The van der Waals surface area contributed by atoms with Crippen molar-refractivity contribution < 1.29 is 37.9 Å². The second-order valence-corrected chi connectivity index (χ2v) is 20.1. The number of methoxy groups -OCH3 is 2. The van der Waals surface area contributed by atoms with Gasteiger partial charge in [0.15, 0.2) is 0 Å². The molecule has 0 atom stereocenters. The summed E-state index contributed by atoms with van der Waals surface area (Å²) in [5.74, 6) is 6.63. The third-order valence-electron chi connectivity index (χ3n) is 13.5. The van der Waals surface area contributed by atoms with Gasteiger partial charge in [-0.15, -0.1) is 0 Å². The Morgan fingerprint density at radius 3 is 0.835 bits per heavy atom. The summed E-state index contributed by atoms with van der Waals surface area (Å²) in [4.78, 5) is 9.34. The predicted molar refractivity (Wildman–Crippen MR) is 340 cm³/mol. The lowest BCUT2D eigenvalue weighted by Crippen LogP contribution is -2.00. The SMILES string of the molecule is COc1ccc(N=Nc2ccc(OCCCCCCCOc3ccc(C=Nc4ccc(OCCCCCOc5cccc(N=Cc6ccc(OCCCCCCCOc7ccc(N=Nc8ccc(OC)cc8)cc7)cc6)c5)cc4)cc3)cc2)cc1. The summed E-state index contributed by atoms with van der Waals surface area (Å²) in [5.41, 5.74) is 6.81. The molecule has 0 aliphatic carbocycles. The maximum Gasteiger partial charge on any atom is 0.121 e. The summed E-state index contributed by atoms with van der Waals surface area (Å²) >= 11 is 0. The van der Waals surface area contributed by atoms with E-state index in [0.29, 0.717) is 39.6 Å². The van der Waals surface area contributed by atoms with Crippen molar-refractivity contribution in [2.75, 3.05) is 53.9 Å². The minimum atomic E-state index is 0.631. The molecule has 0 radical (unpaired) electrons. The topological polar surface area (TPSA) is 148 Å². The van der Waals surface area contributed by atoms with Gasteiger partial charge < -0.3 is 37.9 Å². The smallest absolute Gasteiger partial charge is 0.121 e. The van der Waals surface area contributed by atoms with Gasteiger partial charge in [0.05, 0.1) is 88.0 Å². The van der Waals surface area contributed by atoms with Crippen molar-refractivity contribution in [3.63, 3.8) is 0 Å². The molecule has 8 aromatic rings. The Hall–Kier alpha value is -9.30. The van der Waals surface area contributed by atoms with Gasteiger partial charge in [0, 0.05) is 18.5 Å². The van der Waals surface area contributed by atoms with Crippen LogP contribution in [0.25, 0.3) is 0 Å². The van der Waals surface area contributed by atoms with Gasteiger partial charge in [-0.25, -0.2) is 0 Å². The minimum absolute atomic E-state index is 0.631. The Bertz CT molecular complexity index is 3250. The number of unbranched alkanes of at least 4 members (excludes halogenated alkanes) is 10. The van der Waals surface area contributed by atoms with Gasteiger partial charge >= 0.3 is 0 Å². The van der Waals surface area contributed by atoms with Crippen LogP contribution in [0, 0.1) is 0 Å². The Morgan fingerprint density at radius 2 is 0.506 bits per heavy atom. The summed E-state index contributed by atoms with van der Waals surface area (Å²) in [5, 5.41) is 17.2. The van der Waals surface area contributed by atoms with Gasteiger partial charge in [-0.1, -0.05) is 44.6 Å². The fourth-order valence-corrected chi connectivity index (χ4v) is 8.62. The number of ether oxygens (including phenoxy) is 8. The second kappa shape index (κ2) is 36.3. The second-order valence-electron chi connectivity index (χ2n) is 20.1. The number of rotatable bonds is 38. The van der Waals surface area contributed by atoms with Gasteiger partial charge in [0.2, 0.25) is 0 Å². The van der Waals surface area contributed by atoms with Crippen LogP contribution in [0.2, 0.25) is 0 Å². The van der Waals surface area contributed by atoms with Crippen molar-refractivity contribution in [3.05, 3.63) is 205 Å². The molecule has 440 valence electrons. The first-order valence-corrected chi connectivity index (χ1v) is 29.6. The van der Waals surface area contributed by atoms with Crippen LogP contribution in [-0.4, -0.2) is 66.3 Å². The summed E-state index contributed by atoms with van der Waals surface area (Å²) < 4.78 is 46.3. The lowest BCUT2D eigenvalue weighted by atomic mass is 10.1. The summed E-state index contributed by atoms with van der Waals surface area (Å²) in [6.45, 7) is 4.04. The molecule has 0 aromatic heterocycles. The molecule has 0 heterocycles. The van der Waals surface area contributed by atoms with E-state index >= 15 is 0 Å². The average molecular weight is 1140 g/mol. The van der Waals surface area contributed by atoms with Crippen LogP contribution in [0.4, 0.5) is 34.1 Å². The summed E-state index contributed by atoms with van der Waals surface area (Å²) in [6, 6.07) is 62.2. The molecular formula is C71H78N6O8. The third-order valence-corrected chi connectivity index (χ3v) is 13.5. The quantitative estimate of drug-likeness (QED) is 0.0211. The van der Waals surface area contributed by atoms with Gasteiger partial charge in [-0.3, -0.25) is 9.98 Å². The fourth-order valence-electron chi connectivity index (χ4n) is 8.62. The number of azo groups is 2. The van der Waals surface area contributed by atoms with Crippen molar-refractivity contribution in [1.29, 1.82) is 0 Å². The molecule has 85 heavy (non-hydrogen) atoms. The Morgan fingerprint density at radius 1 is 0.247 bits per heavy atom. The van der Waals surface area contributed by atoms with Gasteiger partial charge in [-0.05, 0) is 238 Å². The average Bonchev–Trinajstić information content (AvgIpc) is 3.60. The molecule has 0 aliphatic rings. The number of hydrogen-bond donors (Lipinski definition) is 0. The van der Waals surface area contributed by atoms with E-state index in [-0.39, 0.29) is 0 Å². The molecule has 0 spiro atoms. The van der Waals surface area contributed by atoms with Crippen molar-refractivity contribution in [2.24, 2.45) is 30.4 Å². The first-order valence-electron chi connectivity index (χ1n) is 29.6. The van der Waals surface area contributed by atoms with Crippen LogP contribution >= 0.6 is 0 Å². The van der Waals surface area contributed by atoms with E-state index in [1.807, 2.05) is 207 Å². The van der Waals surface area contributed by atoms with Crippen LogP contribution in [0.15, 0.2) is 225 Å². The monoisotopic (exact) mass is 1140 g/mol. The first kappa shape index (κ1) is 61.8. The highest BCUT2D eigenvalue weighted by Crippen LogP contribution is 2.27. The Balaban J connectivity index is 0.593. The normalized spacial score (nSPS) is 11.4. The molecular weight excluding hydrogens is 1060 g/mol. The molecule has 14 heteroatoms. The van der Waals surface area contributed by atoms with Gasteiger partial charge in [-0.2, -0.15) is 20.5 Å². The maximum absolute atomic E-state index is 6.06. The fraction of sp³-hybridized carbons (Fsp3) is 0.296. The lowest BCUT2D eigenvalue weighted by Gasteiger charge is -2.08. The van der Waals surface area contributed by atoms with E-state index in [1.165, 1.54) is 0 Å². The third kappa shape index (κ3) is 23.8. The highest BCUT2D eigenvalue weighted by molar-refractivity contribution is 5.83. The Kier molecular flexibility index (Phi) is 26.4. The van der Waals surface area contributed by atoms with E-state index in [4.69, 9.17) is 37.9 Å². The molecule has 0 N–H and O–H groups in total. The molecule has 8 rings (SSSR count). The molecule has 0 amide bonds. The molecule has 0 aliphatic heterocycles. The van der Waals surface area contributed by atoms with Crippen LogP contribution < -0.4 is 37.9 Å². The van der Waals surface area contributed by atoms with E-state index in [1.54, 1.807) is 14.2 Å². The van der Waals surface area contributed by atoms with Crippen LogP contribution in [0.5, 0.6) is 46.0 Å². The van der Waals surface area contributed by atoms with E-state index in [9.17, 15) is 0 Å². The maximum atomic E-state index is 6.06. The van der Waals surface area contributed by atoms with Crippen LogP contribution in [0.1, 0.15) is 94.6 Å². The van der Waals surface area contributed by atoms with Crippen LogP contribution in [-0.2, 0) is 0 Å². The zero-order chi connectivity index (χ0) is 58.6. The molecule has 14 nitrogen and oxygen atoms in total. The highest BCUT2D eigenvalue weighted by Gasteiger charge is 2.04. The zero-order valence-electron chi connectivity index (χ0n) is 49.0. The minimum Gasteiger partial charge on any atom is -0.497 e. The van der Waals surface area contributed by atoms with E-state index < -0.39 is 0 Å².